The number of benzene rings is 1. The molecule has 0 unspecified atom stereocenters. The Kier molecular flexibility index (Phi) is 4.14. The fraction of sp³-hybridized carbons (Fsp3) is 0.214. The molecule has 2 amide bonds. The van der Waals surface area contributed by atoms with Gasteiger partial charge in [-0.25, -0.2) is 9.89 Å². The van der Waals surface area contributed by atoms with Gasteiger partial charge in [0.05, 0.1) is 5.69 Å². The quantitative estimate of drug-likeness (QED) is 0.798. The summed E-state index contributed by atoms with van der Waals surface area (Å²) < 4.78 is 0. The fourth-order valence-corrected chi connectivity index (χ4v) is 1.69. The topological polar surface area (TPSA) is 86.9 Å². The molecule has 1 aromatic heterocycles. The molecule has 0 radical (unpaired) electrons. The molecular weight excluding hydrogens is 256 g/mol. The maximum Gasteiger partial charge on any atom is 0.319 e. The summed E-state index contributed by atoms with van der Waals surface area (Å²) in [7, 11) is 0. The number of hydrogen-bond acceptors (Lipinski definition) is 3. The third-order valence-electron chi connectivity index (χ3n) is 2.52. The summed E-state index contributed by atoms with van der Waals surface area (Å²) in [4.78, 5) is 22.6. The molecule has 0 saturated heterocycles. The second kappa shape index (κ2) is 6.01. The fourth-order valence-electron chi connectivity index (χ4n) is 1.69. The SMILES string of the molecule is CC(C)NC(=O)Nc1cccc(-c2ccc(=O)[nH]n2)c1. The summed E-state index contributed by atoms with van der Waals surface area (Å²) in [5.41, 5.74) is 1.86. The zero-order valence-corrected chi connectivity index (χ0v) is 11.3. The van der Waals surface area contributed by atoms with Crippen LogP contribution in [0.1, 0.15) is 13.8 Å². The van der Waals surface area contributed by atoms with Gasteiger partial charge in [-0.3, -0.25) is 4.79 Å². The zero-order valence-electron chi connectivity index (χ0n) is 11.3. The van der Waals surface area contributed by atoms with Crippen LogP contribution in [0.25, 0.3) is 11.3 Å². The molecule has 2 rings (SSSR count). The molecule has 1 heterocycles. The highest BCUT2D eigenvalue weighted by Crippen LogP contribution is 2.19. The Morgan fingerprint density at radius 3 is 2.70 bits per heavy atom. The summed E-state index contributed by atoms with van der Waals surface area (Å²) in [6.45, 7) is 3.78. The van der Waals surface area contributed by atoms with Gasteiger partial charge in [-0.1, -0.05) is 12.1 Å². The lowest BCUT2D eigenvalue weighted by molar-refractivity contribution is 0.250. The average Bonchev–Trinajstić information content (AvgIpc) is 2.38. The molecule has 0 spiro atoms. The number of aromatic nitrogens is 2. The van der Waals surface area contributed by atoms with Gasteiger partial charge in [0.15, 0.2) is 0 Å². The number of anilines is 1. The van der Waals surface area contributed by atoms with E-state index in [2.05, 4.69) is 20.8 Å². The van der Waals surface area contributed by atoms with Gasteiger partial charge in [0, 0.05) is 23.4 Å². The van der Waals surface area contributed by atoms with E-state index in [0.717, 1.165) is 5.56 Å². The number of carbonyl (C=O) groups excluding carboxylic acids is 1. The first-order chi connectivity index (χ1) is 9.54. The van der Waals surface area contributed by atoms with Crippen LogP contribution in [0.3, 0.4) is 0 Å². The first-order valence-corrected chi connectivity index (χ1v) is 6.28. The summed E-state index contributed by atoms with van der Waals surface area (Å²) in [6, 6.07) is 10.1. The van der Waals surface area contributed by atoms with Crippen LogP contribution in [-0.2, 0) is 0 Å². The van der Waals surface area contributed by atoms with Crippen molar-refractivity contribution >= 4 is 11.7 Å². The highest BCUT2D eigenvalue weighted by molar-refractivity contribution is 5.90. The maximum atomic E-state index is 11.6. The third-order valence-corrected chi connectivity index (χ3v) is 2.52. The third kappa shape index (κ3) is 3.68. The number of rotatable bonds is 3. The minimum absolute atomic E-state index is 0.0686. The van der Waals surface area contributed by atoms with Gasteiger partial charge in [-0.15, -0.1) is 0 Å². The van der Waals surface area contributed by atoms with Crippen molar-refractivity contribution in [2.75, 3.05) is 5.32 Å². The lowest BCUT2D eigenvalue weighted by atomic mass is 10.1. The molecule has 104 valence electrons. The number of amides is 2. The molecule has 6 heteroatoms. The predicted octanol–water partition coefficient (Wildman–Crippen LogP) is 1.97. The van der Waals surface area contributed by atoms with Crippen molar-refractivity contribution in [1.29, 1.82) is 0 Å². The van der Waals surface area contributed by atoms with E-state index in [9.17, 15) is 9.59 Å². The van der Waals surface area contributed by atoms with Crippen molar-refractivity contribution in [3.63, 3.8) is 0 Å². The molecule has 0 atom stereocenters. The number of H-pyrrole nitrogens is 1. The molecule has 20 heavy (non-hydrogen) atoms. The van der Waals surface area contributed by atoms with E-state index >= 15 is 0 Å². The van der Waals surface area contributed by atoms with Crippen LogP contribution < -0.4 is 16.2 Å². The molecule has 0 aliphatic rings. The first kappa shape index (κ1) is 13.8. The minimum atomic E-state index is -0.258. The lowest BCUT2D eigenvalue weighted by Gasteiger charge is -2.10. The summed E-state index contributed by atoms with van der Waals surface area (Å²) >= 11 is 0. The van der Waals surface area contributed by atoms with Crippen molar-refractivity contribution in [3.05, 3.63) is 46.8 Å². The Morgan fingerprint density at radius 1 is 1.25 bits per heavy atom. The second-order valence-electron chi connectivity index (χ2n) is 4.64. The predicted molar refractivity (Wildman–Crippen MR) is 77.6 cm³/mol. The Balaban J connectivity index is 2.17. The van der Waals surface area contributed by atoms with Crippen LogP contribution in [0.4, 0.5) is 10.5 Å². The van der Waals surface area contributed by atoms with Gasteiger partial charge in [0.1, 0.15) is 0 Å². The lowest BCUT2D eigenvalue weighted by Crippen LogP contribution is -2.34. The Morgan fingerprint density at radius 2 is 2.05 bits per heavy atom. The van der Waals surface area contributed by atoms with Crippen molar-refractivity contribution < 1.29 is 4.79 Å². The summed E-state index contributed by atoms with van der Waals surface area (Å²) in [6.07, 6.45) is 0. The van der Waals surface area contributed by atoms with Crippen LogP contribution in [-0.4, -0.2) is 22.3 Å². The number of carbonyl (C=O) groups is 1. The van der Waals surface area contributed by atoms with Gasteiger partial charge >= 0.3 is 6.03 Å². The van der Waals surface area contributed by atoms with Gasteiger partial charge in [0.25, 0.3) is 5.56 Å². The van der Waals surface area contributed by atoms with Crippen LogP contribution in [0.5, 0.6) is 0 Å². The van der Waals surface area contributed by atoms with Crippen LogP contribution in [0, 0.1) is 0 Å². The summed E-state index contributed by atoms with van der Waals surface area (Å²) in [5, 5.41) is 11.8. The van der Waals surface area contributed by atoms with E-state index in [0.29, 0.717) is 11.4 Å². The highest BCUT2D eigenvalue weighted by atomic mass is 16.2. The highest BCUT2D eigenvalue weighted by Gasteiger charge is 2.05. The molecule has 0 aliphatic carbocycles. The van der Waals surface area contributed by atoms with Crippen LogP contribution >= 0.6 is 0 Å². The van der Waals surface area contributed by atoms with E-state index in [1.165, 1.54) is 6.07 Å². The molecule has 0 bridgehead atoms. The van der Waals surface area contributed by atoms with E-state index in [1.807, 2.05) is 26.0 Å². The maximum absolute atomic E-state index is 11.6. The first-order valence-electron chi connectivity index (χ1n) is 6.28. The molecule has 0 fully saturated rings. The van der Waals surface area contributed by atoms with Crippen molar-refractivity contribution in [1.82, 2.24) is 15.5 Å². The van der Waals surface area contributed by atoms with Crippen molar-refractivity contribution in [2.45, 2.75) is 19.9 Å². The molecule has 0 saturated carbocycles. The van der Waals surface area contributed by atoms with Crippen molar-refractivity contribution in [2.24, 2.45) is 0 Å². The minimum Gasteiger partial charge on any atom is -0.336 e. The monoisotopic (exact) mass is 272 g/mol. The van der Waals surface area contributed by atoms with Gasteiger partial charge < -0.3 is 10.6 Å². The largest absolute Gasteiger partial charge is 0.336 e. The number of aromatic amines is 1. The number of nitrogens with one attached hydrogen (secondary N) is 3. The van der Waals surface area contributed by atoms with Gasteiger partial charge in [0.2, 0.25) is 0 Å². The van der Waals surface area contributed by atoms with E-state index < -0.39 is 0 Å². The Hall–Kier alpha value is -2.63. The number of urea groups is 1. The van der Waals surface area contributed by atoms with Gasteiger partial charge in [-0.2, -0.15) is 5.10 Å². The molecule has 2 aromatic rings. The Labute approximate surface area is 116 Å². The van der Waals surface area contributed by atoms with E-state index in [-0.39, 0.29) is 17.6 Å². The van der Waals surface area contributed by atoms with Crippen LogP contribution in [0.15, 0.2) is 41.2 Å². The van der Waals surface area contributed by atoms with Gasteiger partial charge in [-0.05, 0) is 32.0 Å². The second-order valence-corrected chi connectivity index (χ2v) is 4.64. The molecule has 6 nitrogen and oxygen atoms in total. The molecular formula is C14H16N4O2. The van der Waals surface area contributed by atoms with Crippen molar-refractivity contribution in [3.8, 4) is 11.3 Å². The number of nitrogens with zero attached hydrogens (tertiary/aromatic N) is 1. The van der Waals surface area contributed by atoms with Crippen LogP contribution in [0.2, 0.25) is 0 Å². The molecule has 0 aliphatic heterocycles. The summed E-state index contributed by atoms with van der Waals surface area (Å²) in [5.74, 6) is 0. The van der Waals surface area contributed by atoms with E-state index in [4.69, 9.17) is 0 Å². The normalized spacial score (nSPS) is 10.3. The molecule has 1 aromatic carbocycles. The molecule has 3 N–H and O–H groups in total. The average molecular weight is 272 g/mol. The Bertz CT molecular complexity index is 644. The standard InChI is InChI=1S/C14H16N4O2/c1-9(2)15-14(20)16-11-5-3-4-10(8-11)12-6-7-13(19)18-17-12/h3-9H,1-2H3,(H,18,19)(H2,15,16,20). The number of hydrogen-bond donors (Lipinski definition) is 3. The zero-order chi connectivity index (χ0) is 14.5. The smallest absolute Gasteiger partial charge is 0.319 e. The van der Waals surface area contributed by atoms with E-state index in [1.54, 1.807) is 18.2 Å².